The molecule has 2 bridgehead atoms. The van der Waals surface area contributed by atoms with E-state index in [1.165, 1.54) is 11.1 Å². The molecule has 4 heterocycles. The zero-order chi connectivity index (χ0) is 23.9. The lowest BCUT2D eigenvalue weighted by atomic mass is 9.59. The van der Waals surface area contributed by atoms with Crippen LogP contribution in [0, 0.1) is 22.7 Å². The molecule has 2 aliphatic carbocycles. The highest BCUT2D eigenvalue weighted by molar-refractivity contribution is 6.03. The van der Waals surface area contributed by atoms with Crippen molar-refractivity contribution in [3.8, 4) is 12.1 Å². The molecule has 34 heavy (non-hydrogen) atoms. The van der Waals surface area contributed by atoms with Crippen LogP contribution in [0.3, 0.4) is 0 Å². The second kappa shape index (κ2) is 8.40. The number of hydrogen-bond acceptors (Lipinski definition) is 8. The van der Waals surface area contributed by atoms with E-state index in [4.69, 9.17) is 4.74 Å². The van der Waals surface area contributed by atoms with Crippen molar-refractivity contribution in [3.63, 3.8) is 0 Å². The summed E-state index contributed by atoms with van der Waals surface area (Å²) >= 11 is 0. The Morgan fingerprint density at radius 3 is 2.85 bits per heavy atom. The van der Waals surface area contributed by atoms with Crippen LogP contribution in [0.1, 0.15) is 53.7 Å². The molecule has 2 atom stereocenters. The second-order valence-corrected chi connectivity index (χ2v) is 8.96. The number of amides is 2. The molecular weight excluding hydrogens is 434 g/mol. The first-order valence-electron chi connectivity index (χ1n) is 11.2. The number of hydrogen-bond donors (Lipinski definition) is 2. The Labute approximate surface area is 196 Å². The number of pyridine rings is 2. The van der Waals surface area contributed by atoms with Crippen molar-refractivity contribution in [3.05, 3.63) is 41.2 Å². The molecule has 2 aromatic rings. The van der Waals surface area contributed by atoms with E-state index < -0.39 is 11.4 Å². The summed E-state index contributed by atoms with van der Waals surface area (Å²) in [6.45, 7) is 0. The van der Waals surface area contributed by atoms with Gasteiger partial charge in [0.25, 0.3) is 0 Å². The maximum absolute atomic E-state index is 13.3. The quantitative estimate of drug-likeness (QED) is 0.652. The molecule has 172 valence electrons. The molecular formula is C24H23N7O3. The fourth-order valence-electron chi connectivity index (χ4n) is 5.29. The Hall–Kier alpha value is -4.02. The van der Waals surface area contributed by atoms with Gasteiger partial charge in [0.2, 0.25) is 0 Å². The van der Waals surface area contributed by atoms with Gasteiger partial charge >= 0.3 is 6.03 Å². The number of anilines is 3. The number of nitrogens with zero attached hydrogens (tertiary/aromatic N) is 5. The molecule has 2 unspecified atom stereocenters. The van der Waals surface area contributed by atoms with Gasteiger partial charge in [-0.25, -0.2) is 14.8 Å². The molecule has 2 saturated carbocycles. The minimum atomic E-state index is -0.672. The normalized spacial score (nSPS) is 26.4. The smallest absolute Gasteiger partial charge is 0.328 e. The SMILES string of the molecule is COC1CCCC1Nc1cc(NC(=O)N2c3nc(C=O)ccc3C3(C#N)CC2C3)ncc1C#N. The summed E-state index contributed by atoms with van der Waals surface area (Å²) in [6.07, 6.45) is 6.02. The van der Waals surface area contributed by atoms with E-state index in [2.05, 4.69) is 32.7 Å². The first kappa shape index (κ1) is 21.8. The molecule has 4 aliphatic rings. The minimum absolute atomic E-state index is 0.0553. The summed E-state index contributed by atoms with van der Waals surface area (Å²) < 4.78 is 5.54. The summed E-state index contributed by atoms with van der Waals surface area (Å²) in [7, 11) is 1.68. The molecule has 2 aromatic heterocycles. The first-order chi connectivity index (χ1) is 16.5. The largest absolute Gasteiger partial charge is 0.379 e. The van der Waals surface area contributed by atoms with Gasteiger partial charge in [-0.05, 0) is 38.2 Å². The molecule has 2 fully saturated rings. The monoisotopic (exact) mass is 457 g/mol. The van der Waals surface area contributed by atoms with Crippen LogP contribution >= 0.6 is 0 Å². The van der Waals surface area contributed by atoms with E-state index in [9.17, 15) is 20.1 Å². The van der Waals surface area contributed by atoms with Crippen molar-refractivity contribution >= 4 is 29.6 Å². The number of nitrogens with one attached hydrogen (secondary N) is 2. The second-order valence-electron chi connectivity index (χ2n) is 8.96. The Bertz CT molecular complexity index is 1240. The van der Waals surface area contributed by atoms with E-state index in [0.717, 1.165) is 19.3 Å². The fourth-order valence-corrected chi connectivity index (χ4v) is 5.29. The average molecular weight is 457 g/mol. The van der Waals surface area contributed by atoms with E-state index in [1.807, 2.05) is 0 Å². The van der Waals surface area contributed by atoms with Gasteiger partial charge < -0.3 is 10.1 Å². The van der Waals surface area contributed by atoms with E-state index in [-0.39, 0.29) is 29.7 Å². The molecule has 0 aromatic carbocycles. The van der Waals surface area contributed by atoms with Gasteiger partial charge in [0.05, 0.1) is 34.9 Å². The topological polar surface area (TPSA) is 144 Å². The predicted octanol–water partition coefficient (Wildman–Crippen LogP) is 3.12. The first-order valence-corrected chi connectivity index (χ1v) is 11.2. The third kappa shape index (κ3) is 3.44. The summed E-state index contributed by atoms with van der Waals surface area (Å²) in [6, 6.07) is 8.83. The van der Waals surface area contributed by atoms with Gasteiger partial charge in [0.1, 0.15) is 23.4 Å². The molecule has 2 N–H and O–H groups in total. The lowest BCUT2D eigenvalue weighted by molar-refractivity contribution is 0.101. The molecule has 2 aliphatic heterocycles. The van der Waals surface area contributed by atoms with Crippen LogP contribution in [0.25, 0.3) is 0 Å². The lowest BCUT2D eigenvalue weighted by Crippen LogP contribution is -2.61. The van der Waals surface area contributed by atoms with Gasteiger partial charge in [-0.2, -0.15) is 10.5 Å². The Morgan fingerprint density at radius 2 is 2.15 bits per heavy atom. The van der Waals surface area contributed by atoms with Crippen molar-refractivity contribution in [1.29, 1.82) is 10.5 Å². The number of aldehydes is 1. The number of carbonyl (C=O) groups is 2. The zero-order valence-electron chi connectivity index (χ0n) is 18.6. The number of urea groups is 1. The Balaban J connectivity index is 1.41. The standard InChI is InChI=1S/C24H23N7O3/c1-34-20-4-2-3-18(20)29-19-7-21(27-11-14(19)10-25)30-23(33)31-16-8-24(9-16,13-26)17-6-5-15(12-32)28-22(17)31/h5-7,11-12,16,18,20H,2-4,8-9H2,1H3,(H2,27,29,30,33). The number of carbonyl (C=O) groups excluding carboxylic acids is 2. The van der Waals surface area contributed by atoms with Crippen molar-refractivity contribution in [2.75, 3.05) is 22.6 Å². The lowest BCUT2D eigenvalue weighted by Gasteiger charge is -2.53. The number of ether oxygens (including phenoxy) is 1. The summed E-state index contributed by atoms with van der Waals surface area (Å²) in [5.74, 6) is 0.607. The Morgan fingerprint density at radius 1 is 1.32 bits per heavy atom. The van der Waals surface area contributed by atoms with E-state index in [1.54, 1.807) is 25.3 Å². The van der Waals surface area contributed by atoms with Gasteiger partial charge in [0, 0.05) is 31.0 Å². The van der Waals surface area contributed by atoms with Crippen LogP contribution < -0.4 is 15.5 Å². The maximum Gasteiger partial charge on any atom is 0.328 e. The summed E-state index contributed by atoms with van der Waals surface area (Å²) in [4.78, 5) is 34.7. The number of methoxy groups -OCH3 is 1. The summed E-state index contributed by atoms with van der Waals surface area (Å²) in [5, 5.41) is 25.4. The number of rotatable bonds is 5. The molecule has 0 radical (unpaired) electrons. The average Bonchev–Trinajstić information content (AvgIpc) is 3.29. The molecule has 0 spiro atoms. The van der Waals surface area contributed by atoms with Crippen molar-refractivity contribution in [2.45, 2.75) is 55.7 Å². The third-order valence-corrected chi connectivity index (χ3v) is 7.08. The molecule has 0 saturated heterocycles. The van der Waals surface area contributed by atoms with Crippen LogP contribution in [0.2, 0.25) is 0 Å². The van der Waals surface area contributed by atoms with Crippen LogP contribution in [0.4, 0.5) is 22.1 Å². The Kier molecular flexibility index (Phi) is 5.39. The van der Waals surface area contributed by atoms with Gasteiger partial charge in [-0.3, -0.25) is 15.0 Å². The van der Waals surface area contributed by atoms with Crippen LogP contribution in [-0.4, -0.2) is 47.6 Å². The fraction of sp³-hybridized carbons (Fsp3) is 0.417. The number of nitriles is 2. The molecule has 10 nitrogen and oxygen atoms in total. The zero-order valence-corrected chi connectivity index (χ0v) is 18.6. The van der Waals surface area contributed by atoms with Gasteiger partial charge in [-0.1, -0.05) is 6.07 Å². The highest BCUT2D eigenvalue weighted by Crippen LogP contribution is 2.54. The van der Waals surface area contributed by atoms with Crippen LogP contribution in [0.5, 0.6) is 0 Å². The third-order valence-electron chi connectivity index (χ3n) is 7.08. The van der Waals surface area contributed by atoms with Crippen molar-refractivity contribution in [1.82, 2.24) is 9.97 Å². The van der Waals surface area contributed by atoms with Crippen LogP contribution in [0.15, 0.2) is 24.4 Å². The summed E-state index contributed by atoms with van der Waals surface area (Å²) in [5.41, 5.74) is 1.12. The number of aromatic nitrogens is 2. The molecule has 10 heteroatoms. The maximum atomic E-state index is 13.3. The van der Waals surface area contributed by atoms with E-state index in [0.29, 0.717) is 41.8 Å². The van der Waals surface area contributed by atoms with Crippen molar-refractivity contribution < 1.29 is 14.3 Å². The van der Waals surface area contributed by atoms with Crippen molar-refractivity contribution in [2.24, 2.45) is 0 Å². The minimum Gasteiger partial charge on any atom is -0.379 e. The highest BCUT2D eigenvalue weighted by Gasteiger charge is 2.56. The van der Waals surface area contributed by atoms with E-state index >= 15 is 0 Å². The molecule has 2 amide bonds. The van der Waals surface area contributed by atoms with Crippen LogP contribution in [-0.2, 0) is 10.2 Å². The van der Waals surface area contributed by atoms with Gasteiger partial charge in [-0.15, -0.1) is 0 Å². The highest BCUT2D eigenvalue weighted by atomic mass is 16.5. The molecule has 6 rings (SSSR count). The van der Waals surface area contributed by atoms with Gasteiger partial charge in [0.15, 0.2) is 6.29 Å². The predicted molar refractivity (Wildman–Crippen MR) is 122 cm³/mol.